The van der Waals surface area contributed by atoms with Gasteiger partial charge in [-0.05, 0) is 19.1 Å². The zero-order valence-electron chi connectivity index (χ0n) is 9.05. The molecule has 4 nitrogen and oxygen atoms in total. The lowest BCUT2D eigenvalue weighted by molar-refractivity contribution is 0.0511. The Balaban J connectivity index is 1.98. The molecule has 1 aliphatic rings. The lowest BCUT2D eigenvalue weighted by Crippen LogP contribution is -2.12. The summed E-state index contributed by atoms with van der Waals surface area (Å²) in [5.41, 5.74) is 1.28. The molecule has 0 bridgehead atoms. The van der Waals surface area contributed by atoms with E-state index in [1.54, 1.807) is 24.3 Å². The first kappa shape index (κ1) is 10.8. The zero-order chi connectivity index (χ0) is 11.4. The molecular weight excluding hydrogens is 206 g/mol. The normalized spacial score (nSPS) is 22.3. The summed E-state index contributed by atoms with van der Waals surface area (Å²) in [4.78, 5) is 16.4. The number of nitrogens with zero attached hydrogens (tertiary/aromatic N) is 1. The largest absolute Gasteiger partial charge is 0.372 e. The highest BCUT2D eigenvalue weighted by molar-refractivity contribution is 5.92. The Labute approximate surface area is 93.9 Å². The van der Waals surface area contributed by atoms with Crippen LogP contribution in [0.25, 0.3) is 0 Å². The van der Waals surface area contributed by atoms with E-state index >= 15 is 0 Å². The molecule has 0 unspecified atom stereocenters. The Morgan fingerprint density at radius 3 is 2.81 bits per heavy atom. The van der Waals surface area contributed by atoms with Crippen molar-refractivity contribution in [3.05, 3.63) is 35.9 Å². The molecule has 0 amide bonds. The van der Waals surface area contributed by atoms with Gasteiger partial charge in [0, 0.05) is 6.42 Å². The number of ether oxygens (including phenoxy) is 1. The highest BCUT2D eigenvalue weighted by Crippen LogP contribution is 2.10. The maximum absolute atomic E-state index is 11.5. The van der Waals surface area contributed by atoms with Crippen molar-refractivity contribution in [1.82, 2.24) is 0 Å². The van der Waals surface area contributed by atoms with E-state index in [1.165, 1.54) is 0 Å². The topological polar surface area (TPSA) is 47.9 Å². The third kappa shape index (κ3) is 2.46. The van der Waals surface area contributed by atoms with Crippen LogP contribution in [0.1, 0.15) is 23.7 Å². The van der Waals surface area contributed by atoms with Gasteiger partial charge >= 0.3 is 5.97 Å². The van der Waals surface area contributed by atoms with Crippen LogP contribution >= 0.6 is 0 Å². The molecule has 0 saturated carbocycles. The molecule has 1 aromatic rings. The number of oxime groups is 1. The van der Waals surface area contributed by atoms with E-state index in [9.17, 15) is 4.79 Å². The first-order valence-corrected chi connectivity index (χ1v) is 5.22. The fourth-order valence-corrected chi connectivity index (χ4v) is 1.49. The van der Waals surface area contributed by atoms with Crippen LogP contribution in [-0.2, 0) is 9.57 Å². The molecule has 1 atom stereocenters. The molecular formula is C12H13NO3. The Hall–Kier alpha value is -1.68. The van der Waals surface area contributed by atoms with Gasteiger partial charge in [0.1, 0.15) is 0 Å². The average Bonchev–Trinajstić information content (AvgIpc) is 2.73. The summed E-state index contributed by atoms with van der Waals surface area (Å²) >= 11 is 0. The molecule has 4 heteroatoms. The summed E-state index contributed by atoms with van der Waals surface area (Å²) in [7, 11) is 0. The van der Waals surface area contributed by atoms with Crippen LogP contribution in [0.3, 0.4) is 0 Å². The molecule has 0 aromatic heterocycles. The minimum atomic E-state index is -0.438. The Morgan fingerprint density at radius 2 is 2.19 bits per heavy atom. The monoisotopic (exact) mass is 219 g/mol. The van der Waals surface area contributed by atoms with Gasteiger partial charge in [-0.25, -0.2) is 4.79 Å². The van der Waals surface area contributed by atoms with Gasteiger partial charge in [-0.15, -0.1) is 0 Å². The first-order chi connectivity index (χ1) is 7.77. The van der Waals surface area contributed by atoms with Gasteiger partial charge in [0.05, 0.1) is 24.0 Å². The standard InChI is InChI=1S/C12H13NO3/c1-9-11(7-8-15-9)13-16-12(14)10-5-3-2-4-6-10/h2-6,9H,7-8H2,1H3/b13-11-/t9-/m0/s1. The van der Waals surface area contributed by atoms with Crippen LogP contribution in [0.15, 0.2) is 35.5 Å². The van der Waals surface area contributed by atoms with E-state index in [-0.39, 0.29) is 6.10 Å². The van der Waals surface area contributed by atoms with Crippen LogP contribution in [-0.4, -0.2) is 24.4 Å². The molecule has 1 heterocycles. The molecule has 0 spiro atoms. The Morgan fingerprint density at radius 1 is 1.44 bits per heavy atom. The quantitative estimate of drug-likeness (QED) is 0.564. The highest BCUT2D eigenvalue weighted by atomic mass is 16.7. The molecule has 0 aliphatic carbocycles. The van der Waals surface area contributed by atoms with Gasteiger partial charge in [0.25, 0.3) is 0 Å². The van der Waals surface area contributed by atoms with Crippen LogP contribution in [0.2, 0.25) is 0 Å². The number of carbonyl (C=O) groups excluding carboxylic acids is 1. The van der Waals surface area contributed by atoms with Crippen molar-refractivity contribution in [2.75, 3.05) is 6.61 Å². The zero-order valence-corrected chi connectivity index (χ0v) is 9.05. The van der Waals surface area contributed by atoms with Crippen molar-refractivity contribution >= 4 is 11.7 Å². The van der Waals surface area contributed by atoms with Gasteiger partial charge in [-0.1, -0.05) is 23.4 Å². The number of benzene rings is 1. The van der Waals surface area contributed by atoms with Crippen LogP contribution < -0.4 is 0 Å². The van der Waals surface area contributed by atoms with Gasteiger partial charge in [-0.3, -0.25) is 0 Å². The second-order valence-corrected chi connectivity index (χ2v) is 3.59. The molecule has 1 aromatic carbocycles. The number of hydrogen-bond acceptors (Lipinski definition) is 4. The smallest absolute Gasteiger partial charge is 0.365 e. The van der Waals surface area contributed by atoms with Crippen LogP contribution in [0.5, 0.6) is 0 Å². The predicted molar refractivity (Wildman–Crippen MR) is 59.3 cm³/mol. The van der Waals surface area contributed by atoms with Gasteiger partial charge < -0.3 is 9.57 Å². The van der Waals surface area contributed by atoms with Crippen LogP contribution in [0, 0.1) is 0 Å². The molecule has 0 N–H and O–H groups in total. The molecule has 1 aliphatic heterocycles. The molecule has 84 valence electrons. The van der Waals surface area contributed by atoms with Crippen molar-refractivity contribution in [2.45, 2.75) is 19.4 Å². The SMILES string of the molecule is C[C@@H]1OCC/C1=N/OC(=O)c1ccccc1. The van der Waals surface area contributed by atoms with E-state index in [2.05, 4.69) is 5.16 Å². The maximum Gasteiger partial charge on any atom is 0.365 e. The van der Waals surface area contributed by atoms with Crippen molar-refractivity contribution < 1.29 is 14.4 Å². The lowest BCUT2D eigenvalue weighted by Gasteiger charge is -2.02. The van der Waals surface area contributed by atoms with Gasteiger partial charge in [0.15, 0.2) is 0 Å². The number of hydrogen-bond donors (Lipinski definition) is 0. The Kier molecular flexibility index (Phi) is 3.31. The van der Waals surface area contributed by atoms with E-state index in [4.69, 9.17) is 9.57 Å². The second kappa shape index (κ2) is 4.90. The van der Waals surface area contributed by atoms with E-state index in [0.717, 1.165) is 12.1 Å². The fourth-order valence-electron chi connectivity index (χ4n) is 1.49. The molecule has 1 saturated heterocycles. The average molecular weight is 219 g/mol. The van der Waals surface area contributed by atoms with Crippen molar-refractivity contribution in [3.63, 3.8) is 0 Å². The van der Waals surface area contributed by atoms with Crippen LogP contribution in [0.4, 0.5) is 0 Å². The summed E-state index contributed by atoms with van der Waals surface area (Å²) in [5.74, 6) is -0.438. The maximum atomic E-state index is 11.5. The summed E-state index contributed by atoms with van der Waals surface area (Å²) in [6.45, 7) is 2.53. The van der Waals surface area contributed by atoms with Gasteiger partial charge in [0.2, 0.25) is 0 Å². The third-order valence-electron chi connectivity index (χ3n) is 2.45. The Bertz CT molecular complexity index is 400. The first-order valence-electron chi connectivity index (χ1n) is 5.22. The fraction of sp³-hybridized carbons (Fsp3) is 0.333. The molecule has 0 radical (unpaired) electrons. The van der Waals surface area contributed by atoms with Crippen molar-refractivity contribution in [2.24, 2.45) is 5.16 Å². The second-order valence-electron chi connectivity index (χ2n) is 3.59. The molecule has 1 fully saturated rings. The molecule has 2 rings (SSSR count). The van der Waals surface area contributed by atoms with Crippen molar-refractivity contribution in [3.8, 4) is 0 Å². The van der Waals surface area contributed by atoms with Gasteiger partial charge in [-0.2, -0.15) is 0 Å². The number of carbonyl (C=O) groups is 1. The third-order valence-corrected chi connectivity index (χ3v) is 2.45. The summed E-state index contributed by atoms with van der Waals surface area (Å²) in [5, 5.41) is 3.82. The number of rotatable bonds is 2. The van der Waals surface area contributed by atoms with E-state index in [1.807, 2.05) is 13.0 Å². The lowest BCUT2D eigenvalue weighted by atomic mass is 10.2. The minimum Gasteiger partial charge on any atom is -0.372 e. The minimum absolute atomic E-state index is 0.0522. The van der Waals surface area contributed by atoms with E-state index in [0.29, 0.717) is 12.2 Å². The summed E-state index contributed by atoms with van der Waals surface area (Å²) < 4.78 is 5.28. The van der Waals surface area contributed by atoms with Crippen molar-refractivity contribution in [1.29, 1.82) is 0 Å². The predicted octanol–water partition coefficient (Wildman–Crippen LogP) is 2.01. The highest BCUT2D eigenvalue weighted by Gasteiger charge is 2.19. The van der Waals surface area contributed by atoms with E-state index < -0.39 is 5.97 Å². The molecule has 16 heavy (non-hydrogen) atoms. The summed E-state index contributed by atoms with van der Waals surface area (Å²) in [6.07, 6.45) is 0.673. The summed E-state index contributed by atoms with van der Waals surface area (Å²) in [6, 6.07) is 8.79.